The Morgan fingerprint density at radius 3 is 2.68 bits per heavy atom. The third kappa shape index (κ3) is 2.81. The summed E-state index contributed by atoms with van der Waals surface area (Å²) in [6.07, 6.45) is 1.65. The van der Waals surface area contributed by atoms with E-state index in [2.05, 4.69) is 5.32 Å². The average Bonchev–Trinajstić information content (AvgIpc) is 2.89. The van der Waals surface area contributed by atoms with Crippen LogP contribution >= 0.6 is 11.3 Å². The van der Waals surface area contributed by atoms with E-state index in [0.29, 0.717) is 32.4 Å². The Labute approximate surface area is 117 Å². The maximum Gasteiger partial charge on any atom is 0.248 e. The standard InChI is InChI=1S/C14H20N2O2S/c1-3-14(4-2)13(18)16(7-5-12(17)15-14)9-11-6-8-19-10-11/h6,8,10H,3-5,7,9H2,1-2H3,(H,15,17). The van der Waals surface area contributed by atoms with E-state index < -0.39 is 5.54 Å². The molecule has 1 fully saturated rings. The summed E-state index contributed by atoms with van der Waals surface area (Å²) in [5, 5.41) is 6.98. The number of nitrogens with one attached hydrogen (secondary N) is 1. The Kier molecular flexibility index (Phi) is 4.24. The van der Waals surface area contributed by atoms with Crippen molar-refractivity contribution in [2.45, 2.75) is 45.2 Å². The number of amides is 2. The van der Waals surface area contributed by atoms with E-state index in [4.69, 9.17) is 0 Å². The maximum absolute atomic E-state index is 12.7. The maximum atomic E-state index is 12.7. The number of hydrogen-bond donors (Lipinski definition) is 1. The molecule has 104 valence electrons. The Balaban J connectivity index is 2.23. The molecule has 1 aliphatic rings. The monoisotopic (exact) mass is 280 g/mol. The van der Waals surface area contributed by atoms with Gasteiger partial charge in [0.15, 0.2) is 0 Å². The second-order valence-electron chi connectivity index (χ2n) is 4.95. The van der Waals surface area contributed by atoms with Crippen molar-refractivity contribution in [3.05, 3.63) is 22.4 Å². The predicted molar refractivity (Wildman–Crippen MR) is 75.8 cm³/mol. The van der Waals surface area contributed by atoms with E-state index in [1.54, 1.807) is 11.3 Å². The van der Waals surface area contributed by atoms with Gasteiger partial charge in [-0.15, -0.1) is 0 Å². The van der Waals surface area contributed by atoms with Crippen LogP contribution in [0.1, 0.15) is 38.7 Å². The van der Waals surface area contributed by atoms with Crippen molar-refractivity contribution in [1.29, 1.82) is 0 Å². The minimum Gasteiger partial charge on any atom is -0.342 e. The van der Waals surface area contributed by atoms with E-state index in [-0.39, 0.29) is 11.8 Å². The van der Waals surface area contributed by atoms with Gasteiger partial charge in [-0.1, -0.05) is 13.8 Å². The molecule has 2 rings (SSSR count). The van der Waals surface area contributed by atoms with Gasteiger partial charge in [-0.2, -0.15) is 11.3 Å². The van der Waals surface area contributed by atoms with Gasteiger partial charge in [-0.3, -0.25) is 9.59 Å². The first kappa shape index (κ1) is 14.1. The molecule has 4 nitrogen and oxygen atoms in total. The van der Waals surface area contributed by atoms with Crippen LogP contribution in [0.15, 0.2) is 16.8 Å². The molecule has 2 amide bonds. The van der Waals surface area contributed by atoms with Crippen molar-refractivity contribution in [1.82, 2.24) is 10.2 Å². The van der Waals surface area contributed by atoms with Crippen LogP contribution in [0.3, 0.4) is 0 Å². The van der Waals surface area contributed by atoms with Crippen LogP contribution in [-0.2, 0) is 16.1 Å². The zero-order valence-electron chi connectivity index (χ0n) is 11.4. The van der Waals surface area contributed by atoms with Gasteiger partial charge in [0.25, 0.3) is 0 Å². The zero-order valence-corrected chi connectivity index (χ0v) is 12.3. The highest BCUT2D eigenvalue weighted by Gasteiger charge is 2.41. The molecule has 1 aliphatic heterocycles. The summed E-state index contributed by atoms with van der Waals surface area (Å²) < 4.78 is 0. The van der Waals surface area contributed by atoms with Crippen LogP contribution in [0.5, 0.6) is 0 Å². The van der Waals surface area contributed by atoms with Crippen LogP contribution in [0.25, 0.3) is 0 Å². The van der Waals surface area contributed by atoms with Gasteiger partial charge in [-0.05, 0) is 35.2 Å². The first-order valence-corrected chi connectivity index (χ1v) is 7.67. The molecule has 0 aliphatic carbocycles. The van der Waals surface area contributed by atoms with Crippen LogP contribution in [0, 0.1) is 0 Å². The van der Waals surface area contributed by atoms with Crippen molar-refractivity contribution in [2.24, 2.45) is 0 Å². The Morgan fingerprint density at radius 1 is 1.37 bits per heavy atom. The molecule has 0 spiro atoms. The van der Waals surface area contributed by atoms with E-state index >= 15 is 0 Å². The van der Waals surface area contributed by atoms with E-state index in [1.807, 2.05) is 35.6 Å². The number of carbonyl (C=O) groups is 2. The quantitative estimate of drug-likeness (QED) is 0.919. The fourth-order valence-corrected chi connectivity index (χ4v) is 3.17. The molecule has 0 atom stereocenters. The number of nitrogens with zero attached hydrogens (tertiary/aromatic N) is 1. The lowest BCUT2D eigenvalue weighted by atomic mass is 9.91. The summed E-state index contributed by atoms with van der Waals surface area (Å²) in [4.78, 5) is 26.4. The van der Waals surface area contributed by atoms with Crippen LogP contribution in [-0.4, -0.2) is 28.8 Å². The third-order valence-corrected chi connectivity index (χ3v) is 4.58. The molecule has 2 heterocycles. The molecule has 1 N–H and O–H groups in total. The molecule has 0 bridgehead atoms. The van der Waals surface area contributed by atoms with Gasteiger partial charge in [0.05, 0.1) is 0 Å². The molecule has 5 heteroatoms. The number of thiophene rings is 1. The van der Waals surface area contributed by atoms with Gasteiger partial charge >= 0.3 is 0 Å². The SMILES string of the molecule is CCC1(CC)NC(=O)CCN(Cc2ccsc2)C1=O. The number of carbonyl (C=O) groups excluding carboxylic acids is 2. The molecule has 1 aromatic rings. The van der Waals surface area contributed by atoms with Crippen molar-refractivity contribution in [2.75, 3.05) is 6.54 Å². The largest absolute Gasteiger partial charge is 0.342 e. The third-order valence-electron chi connectivity index (χ3n) is 3.84. The summed E-state index contributed by atoms with van der Waals surface area (Å²) >= 11 is 1.63. The summed E-state index contributed by atoms with van der Waals surface area (Å²) in [6, 6.07) is 2.03. The fraction of sp³-hybridized carbons (Fsp3) is 0.571. The lowest BCUT2D eigenvalue weighted by Gasteiger charge is -2.33. The highest BCUT2D eigenvalue weighted by atomic mass is 32.1. The molecular formula is C14H20N2O2S. The topological polar surface area (TPSA) is 49.4 Å². The second kappa shape index (κ2) is 5.74. The predicted octanol–water partition coefficient (Wildman–Crippen LogP) is 2.16. The average molecular weight is 280 g/mol. The molecule has 0 aromatic carbocycles. The summed E-state index contributed by atoms with van der Waals surface area (Å²) in [5.41, 5.74) is 0.415. The van der Waals surface area contributed by atoms with Crippen molar-refractivity contribution >= 4 is 23.2 Å². The molecule has 0 unspecified atom stereocenters. The van der Waals surface area contributed by atoms with E-state index in [1.165, 1.54) is 0 Å². The lowest BCUT2D eigenvalue weighted by Crippen LogP contribution is -2.56. The Hall–Kier alpha value is -1.36. The fourth-order valence-electron chi connectivity index (χ4n) is 2.51. The second-order valence-corrected chi connectivity index (χ2v) is 5.73. The van der Waals surface area contributed by atoms with Crippen molar-refractivity contribution < 1.29 is 9.59 Å². The van der Waals surface area contributed by atoms with Gasteiger partial charge in [0, 0.05) is 19.5 Å². The zero-order chi connectivity index (χ0) is 13.9. The first-order valence-electron chi connectivity index (χ1n) is 6.72. The summed E-state index contributed by atoms with van der Waals surface area (Å²) in [5.74, 6) is 0.0272. The van der Waals surface area contributed by atoms with Gasteiger partial charge in [0.2, 0.25) is 11.8 Å². The van der Waals surface area contributed by atoms with Crippen LogP contribution < -0.4 is 5.32 Å². The van der Waals surface area contributed by atoms with Crippen molar-refractivity contribution in [3.63, 3.8) is 0 Å². The van der Waals surface area contributed by atoms with E-state index in [9.17, 15) is 9.59 Å². The number of rotatable bonds is 4. The molecular weight excluding hydrogens is 260 g/mol. The van der Waals surface area contributed by atoms with Crippen molar-refractivity contribution in [3.8, 4) is 0 Å². The van der Waals surface area contributed by atoms with Gasteiger partial charge < -0.3 is 10.2 Å². The Morgan fingerprint density at radius 2 is 2.11 bits per heavy atom. The molecule has 1 aromatic heterocycles. The molecule has 0 saturated carbocycles. The summed E-state index contributed by atoms with van der Waals surface area (Å²) in [7, 11) is 0. The van der Waals surface area contributed by atoms with Gasteiger partial charge in [-0.25, -0.2) is 0 Å². The number of hydrogen-bond acceptors (Lipinski definition) is 3. The van der Waals surface area contributed by atoms with Crippen LogP contribution in [0.4, 0.5) is 0 Å². The highest BCUT2D eigenvalue weighted by Crippen LogP contribution is 2.23. The molecule has 0 radical (unpaired) electrons. The minimum absolute atomic E-state index is 0.0233. The normalized spacial score (nSPS) is 19.2. The van der Waals surface area contributed by atoms with Crippen LogP contribution in [0.2, 0.25) is 0 Å². The lowest BCUT2D eigenvalue weighted by molar-refractivity contribution is -0.139. The van der Waals surface area contributed by atoms with Gasteiger partial charge in [0.1, 0.15) is 5.54 Å². The highest BCUT2D eigenvalue weighted by molar-refractivity contribution is 7.07. The summed E-state index contributed by atoms with van der Waals surface area (Å²) in [6.45, 7) is 5.01. The molecule has 19 heavy (non-hydrogen) atoms. The Bertz CT molecular complexity index is 452. The molecule has 1 saturated heterocycles. The minimum atomic E-state index is -0.719. The first-order chi connectivity index (χ1) is 9.11. The van der Waals surface area contributed by atoms with E-state index in [0.717, 1.165) is 5.56 Å². The smallest absolute Gasteiger partial charge is 0.248 e.